The van der Waals surface area contributed by atoms with Gasteiger partial charge in [-0.3, -0.25) is 14.5 Å². The summed E-state index contributed by atoms with van der Waals surface area (Å²) in [6, 6.07) is 21.0. The summed E-state index contributed by atoms with van der Waals surface area (Å²) >= 11 is 0. The summed E-state index contributed by atoms with van der Waals surface area (Å²) in [6.45, 7) is 6.63. The molecule has 188 valence electrons. The van der Waals surface area contributed by atoms with Gasteiger partial charge in [0.05, 0.1) is 29.2 Å². The molecule has 0 N–H and O–H groups in total. The summed E-state index contributed by atoms with van der Waals surface area (Å²) in [4.78, 5) is 41.4. The maximum Gasteiger partial charge on any atom is 0.338 e. The van der Waals surface area contributed by atoms with Crippen LogP contribution in [0.4, 0.5) is 5.69 Å². The third kappa shape index (κ3) is 4.44. The molecule has 1 unspecified atom stereocenters. The van der Waals surface area contributed by atoms with Gasteiger partial charge in [0.2, 0.25) is 5.76 Å². The standard InChI is InChI=1S/C31H29NO5/c1-4-5-18-36-31(35)22-14-16-23(17-15-22)32-27(21-12-10-20(11-13-21)19(2)3)26-28(33)24-8-6-7-9-25(24)37-29(26)30(32)34/h6-17,19,27H,4-5,18H2,1-3H3. The van der Waals surface area contributed by atoms with E-state index in [1.165, 1.54) is 0 Å². The Morgan fingerprint density at radius 1 is 0.973 bits per heavy atom. The molecule has 4 aromatic rings. The molecule has 3 aromatic carbocycles. The summed E-state index contributed by atoms with van der Waals surface area (Å²) in [5.74, 6) is -0.403. The van der Waals surface area contributed by atoms with Crippen molar-refractivity contribution in [2.45, 2.75) is 45.6 Å². The second kappa shape index (κ2) is 10.1. The van der Waals surface area contributed by atoms with Gasteiger partial charge in [0.15, 0.2) is 5.43 Å². The molecule has 0 saturated carbocycles. The van der Waals surface area contributed by atoms with E-state index in [0.29, 0.717) is 40.3 Å². The molecule has 1 aromatic heterocycles. The van der Waals surface area contributed by atoms with Crippen LogP contribution in [-0.2, 0) is 4.74 Å². The third-order valence-corrected chi connectivity index (χ3v) is 6.81. The fraction of sp³-hybridized carbons (Fsp3) is 0.258. The van der Waals surface area contributed by atoms with Crippen LogP contribution in [-0.4, -0.2) is 18.5 Å². The molecular formula is C31H29NO5. The normalized spacial score (nSPS) is 14.9. The largest absolute Gasteiger partial charge is 0.462 e. The van der Waals surface area contributed by atoms with Crippen LogP contribution < -0.4 is 10.3 Å². The molecule has 1 aliphatic heterocycles. The van der Waals surface area contributed by atoms with Crippen LogP contribution in [0.2, 0.25) is 0 Å². The van der Waals surface area contributed by atoms with Gasteiger partial charge in [0, 0.05) is 5.69 Å². The number of hydrogen-bond acceptors (Lipinski definition) is 5. The highest BCUT2D eigenvalue weighted by molar-refractivity contribution is 6.10. The molecule has 0 spiro atoms. The Kier molecular flexibility index (Phi) is 6.66. The van der Waals surface area contributed by atoms with Crippen molar-refractivity contribution in [3.05, 3.63) is 111 Å². The number of nitrogens with zero attached hydrogens (tertiary/aromatic N) is 1. The van der Waals surface area contributed by atoms with Crippen molar-refractivity contribution >= 4 is 28.5 Å². The maximum atomic E-state index is 13.7. The minimum absolute atomic E-state index is 0.0460. The van der Waals surface area contributed by atoms with Crippen molar-refractivity contribution in [1.29, 1.82) is 0 Å². The number of hydrogen-bond donors (Lipinski definition) is 0. The molecule has 6 heteroatoms. The highest BCUT2D eigenvalue weighted by Gasteiger charge is 2.43. The molecular weight excluding hydrogens is 466 g/mol. The van der Waals surface area contributed by atoms with E-state index in [0.717, 1.165) is 24.0 Å². The summed E-state index contributed by atoms with van der Waals surface area (Å²) in [7, 11) is 0. The Hall–Kier alpha value is -4.19. The molecule has 0 saturated heterocycles. The molecule has 37 heavy (non-hydrogen) atoms. The van der Waals surface area contributed by atoms with Crippen LogP contribution in [0.15, 0.2) is 82.0 Å². The fourth-order valence-corrected chi connectivity index (χ4v) is 4.72. The number of fused-ring (bicyclic) bond motifs is 2. The lowest BCUT2D eigenvalue weighted by Gasteiger charge is -2.25. The highest BCUT2D eigenvalue weighted by atomic mass is 16.5. The second-order valence-electron chi connectivity index (χ2n) is 9.61. The second-order valence-corrected chi connectivity index (χ2v) is 9.61. The number of unbranched alkanes of at least 4 members (excludes halogenated alkanes) is 1. The number of carbonyl (C=O) groups excluding carboxylic acids is 2. The van der Waals surface area contributed by atoms with Crippen molar-refractivity contribution in [3.8, 4) is 0 Å². The summed E-state index contributed by atoms with van der Waals surface area (Å²) in [5.41, 5.74) is 3.41. The number of carbonyl (C=O) groups is 2. The van der Waals surface area contributed by atoms with Gasteiger partial charge in [-0.15, -0.1) is 0 Å². The van der Waals surface area contributed by atoms with Gasteiger partial charge in [0.1, 0.15) is 5.58 Å². The first-order chi connectivity index (χ1) is 17.9. The zero-order valence-electron chi connectivity index (χ0n) is 21.2. The summed E-state index contributed by atoms with van der Waals surface area (Å²) < 4.78 is 11.3. The predicted octanol–water partition coefficient (Wildman–Crippen LogP) is 6.62. The maximum absolute atomic E-state index is 13.7. The lowest BCUT2D eigenvalue weighted by molar-refractivity contribution is 0.0499. The monoisotopic (exact) mass is 495 g/mol. The van der Waals surface area contributed by atoms with Crippen molar-refractivity contribution in [2.24, 2.45) is 0 Å². The SMILES string of the molecule is CCCCOC(=O)c1ccc(N2C(=O)c3oc4ccccc4c(=O)c3C2c2ccc(C(C)C)cc2)cc1. The minimum atomic E-state index is -0.660. The van der Waals surface area contributed by atoms with E-state index in [2.05, 4.69) is 13.8 Å². The van der Waals surface area contributed by atoms with Crippen LogP contribution in [0.25, 0.3) is 11.0 Å². The van der Waals surface area contributed by atoms with Crippen molar-refractivity contribution in [2.75, 3.05) is 11.5 Å². The molecule has 6 nitrogen and oxygen atoms in total. The fourth-order valence-electron chi connectivity index (χ4n) is 4.72. The number of ether oxygens (including phenoxy) is 1. The quantitative estimate of drug-likeness (QED) is 0.213. The van der Waals surface area contributed by atoms with E-state index in [-0.39, 0.29) is 11.2 Å². The Morgan fingerprint density at radius 3 is 2.35 bits per heavy atom. The average molecular weight is 496 g/mol. The highest BCUT2D eigenvalue weighted by Crippen LogP contribution is 2.41. The molecule has 5 rings (SSSR count). The summed E-state index contributed by atoms with van der Waals surface area (Å²) in [5, 5.41) is 0.435. The number of amides is 1. The van der Waals surface area contributed by atoms with E-state index in [1.807, 2.05) is 31.2 Å². The zero-order chi connectivity index (χ0) is 26.1. The molecule has 2 heterocycles. The molecule has 0 fully saturated rings. The minimum Gasteiger partial charge on any atom is -0.462 e. The van der Waals surface area contributed by atoms with Crippen LogP contribution in [0.1, 0.15) is 83.2 Å². The first-order valence-corrected chi connectivity index (χ1v) is 12.7. The zero-order valence-corrected chi connectivity index (χ0v) is 21.2. The van der Waals surface area contributed by atoms with Gasteiger partial charge in [-0.2, -0.15) is 0 Å². The number of esters is 1. The smallest absolute Gasteiger partial charge is 0.338 e. The van der Waals surface area contributed by atoms with Gasteiger partial charge in [-0.25, -0.2) is 4.79 Å². The van der Waals surface area contributed by atoms with Gasteiger partial charge < -0.3 is 9.15 Å². The Balaban J connectivity index is 1.60. The lowest BCUT2D eigenvalue weighted by Crippen LogP contribution is -2.29. The first kappa shape index (κ1) is 24.5. The predicted molar refractivity (Wildman–Crippen MR) is 143 cm³/mol. The van der Waals surface area contributed by atoms with Crippen LogP contribution in [0.3, 0.4) is 0 Å². The van der Waals surface area contributed by atoms with Gasteiger partial charge in [-0.05, 0) is 59.9 Å². The molecule has 1 aliphatic rings. The Bertz CT molecular complexity index is 1520. The molecule has 0 aliphatic carbocycles. The van der Waals surface area contributed by atoms with E-state index >= 15 is 0 Å². The van der Waals surface area contributed by atoms with Crippen molar-refractivity contribution in [1.82, 2.24) is 0 Å². The molecule has 1 atom stereocenters. The molecule has 1 amide bonds. The number of rotatable bonds is 7. The Labute approximate surface area is 215 Å². The van der Waals surface area contributed by atoms with Gasteiger partial charge in [-0.1, -0.05) is 63.6 Å². The van der Waals surface area contributed by atoms with Crippen LogP contribution in [0.5, 0.6) is 0 Å². The number of benzene rings is 3. The van der Waals surface area contributed by atoms with Gasteiger partial charge in [0.25, 0.3) is 5.91 Å². The first-order valence-electron chi connectivity index (χ1n) is 12.7. The molecule has 0 radical (unpaired) electrons. The topological polar surface area (TPSA) is 76.8 Å². The number of anilines is 1. The average Bonchev–Trinajstić information content (AvgIpc) is 3.21. The lowest BCUT2D eigenvalue weighted by atomic mass is 9.95. The van der Waals surface area contributed by atoms with E-state index in [1.54, 1.807) is 53.4 Å². The van der Waals surface area contributed by atoms with E-state index in [4.69, 9.17) is 9.15 Å². The Morgan fingerprint density at radius 2 is 1.68 bits per heavy atom. The van der Waals surface area contributed by atoms with Crippen molar-refractivity contribution < 1.29 is 18.7 Å². The van der Waals surface area contributed by atoms with Gasteiger partial charge >= 0.3 is 5.97 Å². The number of para-hydroxylation sites is 1. The molecule has 0 bridgehead atoms. The van der Waals surface area contributed by atoms with Crippen LogP contribution in [0, 0.1) is 0 Å². The van der Waals surface area contributed by atoms with Crippen LogP contribution >= 0.6 is 0 Å². The van der Waals surface area contributed by atoms with Crippen molar-refractivity contribution in [3.63, 3.8) is 0 Å². The third-order valence-electron chi connectivity index (χ3n) is 6.81. The van der Waals surface area contributed by atoms with E-state index in [9.17, 15) is 14.4 Å². The summed E-state index contributed by atoms with van der Waals surface area (Å²) in [6.07, 6.45) is 1.74. The van der Waals surface area contributed by atoms with E-state index < -0.39 is 17.9 Å².